The molecule has 0 saturated carbocycles. The Morgan fingerprint density at radius 3 is 1.84 bits per heavy atom. The number of nitrogens with one attached hydrogen (secondary N) is 4. The summed E-state index contributed by atoms with van der Waals surface area (Å²) in [6, 6.07) is -0.231. The zero-order chi connectivity index (χ0) is 32.5. The summed E-state index contributed by atoms with van der Waals surface area (Å²) in [7, 11) is 0. The molecule has 4 rings (SSSR count). The van der Waals surface area contributed by atoms with Crippen molar-refractivity contribution in [3.05, 3.63) is 56.2 Å². The van der Waals surface area contributed by atoms with Crippen molar-refractivity contribution in [3.8, 4) is 0 Å². The second-order valence-corrected chi connectivity index (χ2v) is 13.3. The minimum absolute atomic E-state index is 0.0171. The van der Waals surface area contributed by atoms with Gasteiger partial charge in [-0.05, 0) is 67.9 Å². The van der Waals surface area contributed by atoms with Crippen molar-refractivity contribution in [2.75, 3.05) is 0 Å². The first-order chi connectivity index (χ1) is 20.7. The molecule has 0 radical (unpaired) electrons. The molecular formula is C33H46N4O6S. The van der Waals surface area contributed by atoms with Gasteiger partial charge in [-0.25, -0.2) is 0 Å². The van der Waals surface area contributed by atoms with Gasteiger partial charge in [-0.1, -0.05) is 20.8 Å². The molecule has 1 fully saturated rings. The first-order valence-corrected chi connectivity index (χ1v) is 16.1. The minimum atomic E-state index is -0.882. The molecule has 0 spiro atoms. The Bertz CT molecular complexity index is 1490. The van der Waals surface area contributed by atoms with Crippen LogP contribution in [0.15, 0.2) is 11.1 Å². The second-order valence-electron chi connectivity index (χ2n) is 12.5. The van der Waals surface area contributed by atoms with E-state index in [9.17, 15) is 29.4 Å². The van der Waals surface area contributed by atoms with Gasteiger partial charge in [0, 0.05) is 83.6 Å². The van der Waals surface area contributed by atoms with E-state index in [1.54, 1.807) is 0 Å². The maximum atomic E-state index is 12.6. The highest BCUT2D eigenvalue weighted by Gasteiger charge is 2.41. The normalized spacial score (nSPS) is 22.4. The topological polar surface area (TPSA) is 164 Å². The average Bonchev–Trinajstić information content (AvgIpc) is 3.59. The molecule has 2 aliphatic heterocycles. The Morgan fingerprint density at radius 2 is 1.39 bits per heavy atom. The average molecular weight is 627 g/mol. The van der Waals surface area contributed by atoms with E-state index in [2.05, 4.69) is 33.2 Å². The number of carbonyl (C=O) groups excluding carboxylic acids is 2. The summed E-state index contributed by atoms with van der Waals surface area (Å²) in [6.07, 6.45) is 2.91. The molecule has 2 amide bonds. The highest BCUT2D eigenvalue weighted by Crippen LogP contribution is 2.34. The Labute approximate surface area is 264 Å². The first kappa shape index (κ1) is 33.4. The second kappa shape index (κ2) is 13.7. The molecule has 10 nitrogen and oxygen atoms in total. The molecule has 2 aromatic heterocycles. The van der Waals surface area contributed by atoms with Crippen molar-refractivity contribution >= 4 is 36.4 Å². The molecule has 2 aliphatic rings. The van der Waals surface area contributed by atoms with E-state index in [0.29, 0.717) is 38.5 Å². The van der Waals surface area contributed by atoms with Gasteiger partial charge in [0.2, 0.25) is 11.8 Å². The molecule has 240 valence electrons. The van der Waals surface area contributed by atoms with Crippen molar-refractivity contribution in [1.82, 2.24) is 20.6 Å². The van der Waals surface area contributed by atoms with Crippen LogP contribution in [0.1, 0.15) is 92.0 Å². The number of rotatable bonds is 14. The van der Waals surface area contributed by atoms with Gasteiger partial charge < -0.3 is 30.8 Å². The molecule has 0 bridgehead atoms. The molecule has 44 heavy (non-hydrogen) atoms. The van der Waals surface area contributed by atoms with Crippen molar-refractivity contribution in [1.29, 1.82) is 0 Å². The van der Waals surface area contributed by atoms with Gasteiger partial charge >= 0.3 is 11.9 Å². The van der Waals surface area contributed by atoms with Gasteiger partial charge in [-0.2, -0.15) is 12.6 Å². The third-order valence-corrected chi connectivity index (χ3v) is 10.1. The van der Waals surface area contributed by atoms with Gasteiger partial charge in [-0.3, -0.25) is 19.2 Å². The maximum Gasteiger partial charge on any atom is 0.303 e. The standard InChI is InChI=1S/C33H46N4O6S/c1-7-20-15(2)25(36-33(20)43)12-23-16(3)21(8-10-29(38)39)26(34-23)14-27-22(9-11-30(40)41)17(4)24(35-27)13-28-31(19(6)44)18(5)32(42)37-28/h18-19,25,28,31,34-35,44H,7-14H2,1-6H3,(H,36,43)(H,37,42)(H,38,39)(H,40,41)/t18-,19-,25?,28?,31+/m1/s1. The molecule has 0 aliphatic carbocycles. The lowest BCUT2D eigenvalue weighted by Crippen LogP contribution is -2.34. The number of aromatic nitrogens is 2. The molecule has 0 aromatic carbocycles. The fraction of sp³-hybridized carbons (Fsp3) is 0.576. The molecule has 2 unspecified atom stereocenters. The summed E-state index contributed by atoms with van der Waals surface area (Å²) < 4.78 is 0. The van der Waals surface area contributed by atoms with E-state index in [1.807, 2.05) is 41.5 Å². The van der Waals surface area contributed by atoms with E-state index >= 15 is 0 Å². The van der Waals surface area contributed by atoms with E-state index in [4.69, 9.17) is 0 Å². The van der Waals surface area contributed by atoms with Gasteiger partial charge in [0.15, 0.2) is 0 Å². The molecule has 11 heteroatoms. The first-order valence-electron chi connectivity index (χ1n) is 15.5. The number of hydrogen-bond acceptors (Lipinski definition) is 5. The Morgan fingerprint density at radius 1 is 0.864 bits per heavy atom. The van der Waals surface area contributed by atoms with E-state index in [-0.39, 0.29) is 53.8 Å². The summed E-state index contributed by atoms with van der Waals surface area (Å²) >= 11 is 4.67. The number of H-pyrrole nitrogens is 2. The van der Waals surface area contributed by atoms with Gasteiger partial charge in [0.05, 0.1) is 6.04 Å². The highest BCUT2D eigenvalue weighted by molar-refractivity contribution is 7.80. The maximum absolute atomic E-state index is 12.6. The quantitative estimate of drug-likeness (QED) is 0.157. The van der Waals surface area contributed by atoms with Crippen LogP contribution in [0.2, 0.25) is 0 Å². The van der Waals surface area contributed by atoms with Crippen LogP contribution in [-0.4, -0.2) is 61.3 Å². The number of hydrogen-bond donors (Lipinski definition) is 7. The predicted molar refractivity (Wildman–Crippen MR) is 171 cm³/mol. The predicted octanol–water partition coefficient (Wildman–Crippen LogP) is 3.96. The number of amides is 2. The number of carboxylic acids is 2. The van der Waals surface area contributed by atoms with Crippen LogP contribution in [-0.2, 0) is 51.3 Å². The van der Waals surface area contributed by atoms with Crippen molar-refractivity contribution in [2.24, 2.45) is 11.8 Å². The fourth-order valence-corrected chi connectivity index (χ4v) is 7.70. The van der Waals surface area contributed by atoms with E-state index in [1.165, 1.54) is 0 Å². The fourth-order valence-electron chi connectivity index (χ4n) is 7.23. The molecule has 6 N–H and O–H groups in total. The van der Waals surface area contributed by atoms with Crippen LogP contribution in [0.5, 0.6) is 0 Å². The van der Waals surface area contributed by atoms with Crippen molar-refractivity contribution in [2.45, 2.75) is 110 Å². The zero-order valence-electron chi connectivity index (χ0n) is 26.5. The third kappa shape index (κ3) is 6.92. The van der Waals surface area contributed by atoms with Crippen LogP contribution in [0.3, 0.4) is 0 Å². The molecule has 1 saturated heterocycles. The van der Waals surface area contributed by atoms with Crippen LogP contribution in [0, 0.1) is 25.7 Å². The summed E-state index contributed by atoms with van der Waals surface area (Å²) in [5.74, 6) is -1.88. The highest BCUT2D eigenvalue weighted by atomic mass is 32.1. The van der Waals surface area contributed by atoms with E-state index < -0.39 is 11.9 Å². The van der Waals surface area contributed by atoms with Crippen LogP contribution in [0.4, 0.5) is 0 Å². The van der Waals surface area contributed by atoms with Crippen LogP contribution < -0.4 is 10.6 Å². The monoisotopic (exact) mass is 626 g/mol. The van der Waals surface area contributed by atoms with Gasteiger partial charge in [0.25, 0.3) is 0 Å². The number of aliphatic carboxylic acids is 2. The van der Waals surface area contributed by atoms with Gasteiger partial charge in [0.1, 0.15) is 0 Å². The lowest BCUT2D eigenvalue weighted by atomic mass is 9.86. The number of carbonyl (C=O) groups is 4. The molecular weight excluding hydrogens is 580 g/mol. The Hall–Kier alpha value is -3.47. The summed E-state index contributed by atoms with van der Waals surface area (Å²) in [6.45, 7) is 11.9. The zero-order valence-corrected chi connectivity index (χ0v) is 27.4. The summed E-state index contributed by atoms with van der Waals surface area (Å²) in [5, 5.41) is 25.2. The minimum Gasteiger partial charge on any atom is -0.481 e. The number of thiol groups is 1. The lowest BCUT2D eigenvalue weighted by molar-refractivity contribution is -0.138. The molecule has 5 atom stereocenters. The lowest BCUT2D eigenvalue weighted by Gasteiger charge is -2.24. The number of aromatic amines is 2. The molecule has 2 aromatic rings. The van der Waals surface area contributed by atoms with E-state index in [0.717, 1.165) is 56.2 Å². The smallest absolute Gasteiger partial charge is 0.303 e. The SMILES string of the molecule is CCC1=C(C)C(Cc2[nH]c(Cc3[nH]c(CC4NC(=O)[C@H](C)[C@H]4[C@@H](C)S)c(C)c3CCC(=O)O)c(CCC(=O)O)c2C)NC1=O. The Kier molecular flexibility index (Phi) is 10.4. The van der Waals surface area contributed by atoms with Crippen molar-refractivity contribution < 1.29 is 29.4 Å². The Balaban J connectivity index is 1.70. The summed E-state index contributed by atoms with van der Waals surface area (Å²) in [4.78, 5) is 55.3. The summed E-state index contributed by atoms with van der Waals surface area (Å²) in [5.41, 5.74) is 9.35. The van der Waals surface area contributed by atoms with Crippen LogP contribution in [0.25, 0.3) is 0 Å². The number of carboxylic acid groups (broad SMARTS) is 2. The van der Waals surface area contributed by atoms with Crippen LogP contribution >= 0.6 is 12.6 Å². The van der Waals surface area contributed by atoms with Crippen molar-refractivity contribution in [3.63, 3.8) is 0 Å². The molecule has 4 heterocycles. The third-order valence-electron chi connectivity index (χ3n) is 9.78. The largest absolute Gasteiger partial charge is 0.481 e. The van der Waals surface area contributed by atoms with Gasteiger partial charge in [-0.15, -0.1) is 0 Å².